The monoisotopic (exact) mass is 331 g/mol. The maximum Gasteiger partial charge on any atom is 0.416 e. The molecular weight excluding hydrogens is 315 g/mol. The second-order valence-electron chi connectivity index (χ2n) is 5.52. The van der Waals surface area contributed by atoms with E-state index in [4.69, 9.17) is 0 Å². The Morgan fingerprint density at radius 1 is 1.39 bits per heavy atom. The zero-order valence-corrected chi connectivity index (χ0v) is 12.3. The molecule has 2 N–H and O–H groups in total. The Kier molecular flexibility index (Phi) is 4.76. The smallest absolute Gasteiger partial charge is 0.378 e. The van der Waals surface area contributed by atoms with Gasteiger partial charge in [-0.1, -0.05) is 6.92 Å². The minimum Gasteiger partial charge on any atom is -0.378 e. The van der Waals surface area contributed by atoms with E-state index in [1.807, 2.05) is 6.92 Å². The molecule has 2 unspecified atom stereocenters. The van der Waals surface area contributed by atoms with E-state index in [-0.39, 0.29) is 30.6 Å². The molecule has 0 heterocycles. The lowest BCUT2D eigenvalue weighted by Crippen LogP contribution is -2.30. The normalized spacial score (nSPS) is 20.0. The van der Waals surface area contributed by atoms with Crippen molar-refractivity contribution in [2.24, 2.45) is 11.8 Å². The summed E-state index contributed by atoms with van der Waals surface area (Å²) in [5.41, 5.74) is -1.75. The van der Waals surface area contributed by atoms with Gasteiger partial charge in [-0.05, 0) is 24.5 Å². The molecule has 126 valence electrons. The highest BCUT2D eigenvalue weighted by Gasteiger charge is 2.38. The van der Waals surface area contributed by atoms with Gasteiger partial charge in [-0.25, -0.2) is 0 Å². The molecule has 0 radical (unpaired) electrons. The zero-order valence-electron chi connectivity index (χ0n) is 12.3. The summed E-state index contributed by atoms with van der Waals surface area (Å²) < 4.78 is 37.7. The quantitative estimate of drug-likeness (QED) is 0.477. The number of halogens is 3. The molecule has 0 aliphatic heterocycles. The number of anilines is 1. The van der Waals surface area contributed by atoms with Crippen molar-refractivity contribution >= 4 is 17.3 Å². The predicted octanol–water partition coefficient (Wildman–Crippen LogP) is 2.80. The van der Waals surface area contributed by atoms with Crippen molar-refractivity contribution < 1.29 is 22.9 Å². The zero-order chi connectivity index (χ0) is 17.2. The van der Waals surface area contributed by atoms with Crippen molar-refractivity contribution in [1.29, 1.82) is 0 Å². The summed E-state index contributed by atoms with van der Waals surface area (Å²) in [6.07, 6.45) is -3.79. The number of nitro groups is 1. The van der Waals surface area contributed by atoms with Crippen LogP contribution in [-0.4, -0.2) is 23.9 Å². The number of nitrogens with one attached hydrogen (secondary N) is 2. The van der Waals surface area contributed by atoms with Crippen LogP contribution in [-0.2, 0) is 11.0 Å². The highest BCUT2D eigenvalue weighted by molar-refractivity contribution is 5.81. The number of nitro benzene ring substituents is 1. The van der Waals surface area contributed by atoms with Crippen LogP contribution < -0.4 is 10.6 Å². The molecule has 1 aliphatic rings. The van der Waals surface area contributed by atoms with Crippen LogP contribution >= 0.6 is 0 Å². The molecule has 0 aromatic heterocycles. The van der Waals surface area contributed by atoms with E-state index in [2.05, 4.69) is 10.6 Å². The van der Waals surface area contributed by atoms with Crippen molar-refractivity contribution in [2.75, 3.05) is 18.4 Å². The highest BCUT2D eigenvalue weighted by atomic mass is 19.4. The standard InChI is InChI=1S/C14H16F3N3O3/c1-8-6-10(8)13(21)19-5-4-18-11-3-2-9(14(15,16)17)7-12(11)20(22)23/h2-3,7-8,10,18H,4-6H2,1H3,(H,19,21). The molecule has 1 aromatic rings. The lowest BCUT2D eigenvalue weighted by atomic mass is 10.1. The molecule has 1 amide bonds. The molecule has 1 aromatic carbocycles. The molecule has 6 nitrogen and oxygen atoms in total. The average molecular weight is 331 g/mol. The van der Waals surface area contributed by atoms with Gasteiger partial charge in [-0.3, -0.25) is 14.9 Å². The first-order valence-electron chi connectivity index (χ1n) is 7.07. The van der Waals surface area contributed by atoms with Crippen LogP contribution in [0.5, 0.6) is 0 Å². The van der Waals surface area contributed by atoms with Crippen LogP contribution in [0.4, 0.5) is 24.5 Å². The molecule has 23 heavy (non-hydrogen) atoms. The first-order chi connectivity index (χ1) is 10.7. The third-order valence-electron chi connectivity index (χ3n) is 3.71. The van der Waals surface area contributed by atoms with Crippen LogP contribution in [0.2, 0.25) is 0 Å². The molecule has 0 bridgehead atoms. The van der Waals surface area contributed by atoms with E-state index in [9.17, 15) is 28.1 Å². The van der Waals surface area contributed by atoms with Crippen LogP contribution in [0.3, 0.4) is 0 Å². The molecule has 9 heteroatoms. The Bertz CT molecular complexity index is 619. The molecular formula is C14H16F3N3O3. The maximum atomic E-state index is 12.6. The average Bonchev–Trinajstić information content (AvgIpc) is 3.19. The van der Waals surface area contributed by atoms with Gasteiger partial charge in [0.05, 0.1) is 10.5 Å². The minimum atomic E-state index is -4.64. The van der Waals surface area contributed by atoms with E-state index >= 15 is 0 Å². The van der Waals surface area contributed by atoms with E-state index < -0.39 is 22.4 Å². The number of hydrogen-bond acceptors (Lipinski definition) is 4. The molecule has 0 spiro atoms. The number of rotatable bonds is 6. The molecule has 0 saturated heterocycles. The lowest BCUT2D eigenvalue weighted by Gasteiger charge is -2.11. The Morgan fingerprint density at radius 3 is 2.57 bits per heavy atom. The Hall–Kier alpha value is -2.32. The van der Waals surface area contributed by atoms with Gasteiger partial charge in [-0.2, -0.15) is 13.2 Å². The van der Waals surface area contributed by atoms with E-state index in [1.165, 1.54) is 0 Å². The second kappa shape index (κ2) is 6.43. The summed E-state index contributed by atoms with van der Waals surface area (Å²) in [6, 6.07) is 2.29. The highest BCUT2D eigenvalue weighted by Crippen LogP contribution is 2.37. The number of benzene rings is 1. The fourth-order valence-corrected chi connectivity index (χ4v) is 2.21. The summed E-state index contributed by atoms with van der Waals surface area (Å²) in [6.45, 7) is 2.38. The molecule has 1 aliphatic carbocycles. The van der Waals surface area contributed by atoms with Gasteiger partial charge in [0.25, 0.3) is 5.69 Å². The number of amides is 1. The second-order valence-corrected chi connectivity index (χ2v) is 5.52. The Morgan fingerprint density at radius 2 is 2.04 bits per heavy atom. The molecule has 2 rings (SSSR count). The van der Waals surface area contributed by atoms with Crippen molar-refractivity contribution in [3.8, 4) is 0 Å². The largest absolute Gasteiger partial charge is 0.416 e. The van der Waals surface area contributed by atoms with E-state index in [0.717, 1.165) is 18.6 Å². The first-order valence-corrected chi connectivity index (χ1v) is 7.07. The van der Waals surface area contributed by atoms with Gasteiger partial charge in [-0.15, -0.1) is 0 Å². The molecule has 1 fully saturated rings. The molecule has 1 saturated carbocycles. The SMILES string of the molecule is CC1CC1C(=O)NCCNc1ccc(C(F)(F)F)cc1[N+](=O)[O-]. The Labute approximate surface area is 130 Å². The van der Waals surface area contributed by atoms with Crippen LogP contribution in [0.15, 0.2) is 18.2 Å². The van der Waals surface area contributed by atoms with Gasteiger partial charge in [0.1, 0.15) is 5.69 Å². The van der Waals surface area contributed by atoms with Gasteiger partial charge < -0.3 is 10.6 Å². The van der Waals surface area contributed by atoms with Gasteiger partial charge in [0.15, 0.2) is 0 Å². The summed E-state index contributed by atoms with van der Waals surface area (Å²) in [5, 5.41) is 16.3. The summed E-state index contributed by atoms with van der Waals surface area (Å²) in [4.78, 5) is 21.6. The van der Waals surface area contributed by atoms with Crippen LogP contribution in [0.25, 0.3) is 0 Å². The van der Waals surface area contributed by atoms with Crippen molar-refractivity contribution in [2.45, 2.75) is 19.5 Å². The summed E-state index contributed by atoms with van der Waals surface area (Å²) in [5.74, 6) is 0.329. The number of alkyl halides is 3. The maximum absolute atomic E-state index is 12.6. The van der Waals surface area contributed by atoms with Crippen LogP contribution in [0, 0.1) is 22.0 Å². The van der Waals surface area contributed by atoms with Gasteiger partial charge >= 0.3 is 6.18 Å². The van der Waals surface area contributed by atoms with E-state index in [0.29, 0.717) is 12.0 Å². The summed E-state index contributed by atoms with van der Waals surface area (Å²) in [7, 11) is 0. The number of nitrogens with zero attached hydrogens (tertiary/aromatic N) is 1. The lowest BCUT2D eigenvalue weighted by molar-refractivity contribution is -0.384. The Balaban J connectivity index is 1.94. The predicted molar refractivity (Wildman–Crippen MR) is 76.9 cm³/mol. The van der Waals surface area contributed by atoms with Crippen LogP contribution in [0.1, 0.15) is 18.9 Å². The third kappa shape index (κ3) is 4.33. The number of hydrogen-bond donors (Lipinski definition) is 2. The van der Waals surface area contributed by atoms with Crippen molar-refractivity contribution in [1.82, 2.24) is 5.32 Å². The topological polar surface area (TPSA) is 84.3 Å². The van der Waals surface area contributed by atoms with Crippen molar-refractivity contribution in [3.63, 3.8) is 0 Å². The number of carbonyl (C=O) groups excluding carboxylic acids is 1. The molecule has 2 atom stereocenters. The first kappa shape index (κ1) is 17.0. The van der Waals surface area contributed by atoms with Gasteiger partial charge in [0, 0.05) is 25.1 Å². The minimum absolute atomic E-state index is 0.0166. The van der Waals surface area contributed by atoms with E-state index in [1.54, 1.807) is 0 Å². The summed E-state index contributed by atoms with van der Waals surface area (Å²) >= 11 is 0. The third-order valence-corrected chi connectivity index (χ3v) is 3.71. The fourth-order valence-electron chi connectivity index (χ4n) is 2.21. The fraction of sp³-hybridized carbons (Fsp3) is 0.500. The van der Waals surface area contributed by atoms with Gasteiger partial charge in [0.2, 0.25) is 5.91 Å². The van der Waals surface area contributed by atoms with Crippen molar-refractivity contribution in [3.05, 3.63) is 33.9 Å². The number of carbonyl (C=O) groups is 1.